The number of hydrogen-bond acceptors (Lipinski definition) is 7. The van der Waals surface area contributed by atoms with Crippen LogP contribution >= 0.6 is 0 Å². The number of allylic oxidation sites excluding steroid dienone is 2. The molecule has 4 atom stereocenters. The van der Waals surface area contributed by atoms with Crippen LogP contribution in [0.25, 0.3) is 11.6 Å². The third-order valence-electron chi connectivity index (χ3n) is 8.92. The molecule has 44 heavy (non-hydrogen) atoms. The zero-order chi connectivity index (χ0) is 31.1. The van der Waals surface area contributed by atoms with Crippen LogP contribution in [0, 0.1) is 39.6 Å². The Morgan fingerprint density at radius 3 is 2.66 bits per heavy atom. The lowest BCUT2D eigenvalue weighted by Crippen LogP contribution is -2.35. The number of aromatic nitrogens is 1. The van der Waals surface area contributed by atoms with Gasteiger partial charge in [-0.1, -0.05) is 37.6 Å². The normalized spacial score (nSPS) is 23.4. The maximum absolute atomic E-state index is 14.1. The number of rotatable bonds is 8. The first-order chi connectivity index (χ1) is 21.1. The topological polar surface area (TPSA) is 123 Å². The molecule has 2 aliphatic heterocycles. The Kier molecular flexibility index (Phi) is 7.85. The van der Waals surface area contributed by atoms with E-state index in [9.17, 15) is 29.2 Å². The number of halogens is 1. The van der Waals surface area contributed by atoms with Crippen molar-refractivity contribution < 1.29 is 28.7 Å². The molecule has 2 amide bonds. The number of aromatic hydroxyl groups is 1. The van der Waals surface area contributed by atoms with Crippen LogP contribution in [0.4, 0.5) is 15.8 Å². The number of ether oxygens (including phenoxy) is 1. The van der Waals surface area contributed by atoms with Crippen molar-refractivity contribution in [3.05, 3.63) is 105 Å². The average Bonchev–Trinajstić information content (AvgIpc) is 3.54. The van der Waals surface area contributed by atoms with Crippen LogP contribution < -0.4 is 4.90 Å². The first-order valence-electron chi connectivity index (χ1n) is 14.7. The zero-order valence-electron chi connectivity index (χ0n) is 24.4. The molecule has 2 saturated heterocycles. The SMILES string of the molecule is CC(C)C1=C2[C@@H](CC/C(=C/c3ccc(O)c(F)c3)c3ccccn3)OC[C@@H]2[C@@H]2C(=O)N(c3cccc([N+](=O)[O-])c3)C(=O)[C@@H]2C1. The number of imide groups is 1. The van der Waals surface area contributed by atoms with Crippen LogP contribution in [-0.4, -0.2) is 39.5 Å². The predicted molar refractivity (Wildman–Crippen MR) is 162 cm³/mol. The molecular formula is C34H32FN3O6. The highest BCUT2D eigenvalue weighted by atomic mass is 19.1. The second-order valence-electron chi connectivity index (χ2n) is 11.8. The number of phenolic OH excluding ortho intramolecular Hbond substituents is 1. The van der Waals surface area contributed by atoms with Gasteiger partial charge in [-0.05, 0) is 78.3 Å². The average molecular weight is 598 g/mol. The number of nitro benzene ring substituents is 1. The molecule has 3 aliphatic rings. The highest BCUT2D eigenvalue weighted by Crippen LogP contribution is 2.52. The minimum absolute atomic E-state index is 0.123. The molecule has 9 nitrogen and oxygen atoms in total. The first kappa shape index (κ1) is 29.4. The van der Waals surface area contributed by atoms with Crippen LogP contribution in [0.3, 0.4) is 0 Å². The van der Waals surface area contributed by atoms with Crippen molar-refractivity contribution in [3.63, 3.8) is 0 Å². The van der Waals surface area contributed by atoms with Gasteiger partial charge in [0.2, 0.25) is 11.8 Å². The monoisotopic (exact) mass is 597 g/mol. The summed E-state index contributed by atoms with van der Waals surface area (Å²) in [5.41, 5.74) is 4.40. The van der Waals surface area contributed by atoms with E-state index >= 15 is 0 Å². The molecule has 3 aromatic rings. The molecule has 2 aromatic carbocycles. The van der Waals surface area contributed by atoms with E-state index in [1.807, 2.05) is 24.3 Å². The highest BCUT2D eigenvalue weighted by molar-refractivity contribution is 6.22. The number of nitrogens with zero attached hydrogens (tertiary/aromatic N) is 3. The van der Waals surface area contributed by atoms with Crippen molar-refractivity contribution in [2.24, 2.45) is 23.7 Å². The number of nitro groups is 1. The molecule has 0 spiro atoms. The number of fused-ring (bicyclic) bond motifs is 3. The quantitative estimate of drug-likeness (QED) is 0.139. The molecule has 1 aliphatic carbocycles. The number of carbonyl (C=O) groups excluding carboxylic acids is 2. The second-order valence-corrected chi connectivity index (χ2v) is 11.8. The summed E-state index contributed by atoms with van der Waals surface area (Å²) in [6.45, 7) is 4.45. The van der Waals surface area contributed by atoms with Crippen molar-refractivity contribution in [2.75, 3.05) is 11.5 Å². The minimum Gasteiger partial charge on any atom is -0.505 e. The van der Waals surface area contributed by atoms with E-state index in [1.54, 1.807) is 18.3 Å². The standard InChI is InChI=1S/C34H32FN3O6/c1-19(2)24-17-25-32(34(41)37(33(25)40)22-6-5-7-23(16-22)38(42)43)26-18-44-30(31(24)26)12-10-21(28-8-3-4-13-36-28)14-20-9-11-29(39)27(35)15-20/h3-9,11,13-16,19,25-26,30,32,39H,10,12,17-18H2,1-2H3/b21-14-/t25-,26+,30-,32-/m1/s1. The molecule has 0 radical (unpaired) electrons. The Balaban J connectivity index is 1.29. The number of hydrogen-bond donors (Lipinski definition) is 1. The summed E-state index contributed by atoms with van der Waals surface area (Å²) in [4.78, 5) is 44.0. The van der Waals surface area contributed by atoms with Gasteiger partial charge in [-0.3, -0.25) is 24.7 Å². The van der Waals surface area contributed by atoms with E-state index in [0.717, 1.165) is 27.3 Å². The molecule has 3 heterocycles. The molecule has 0 unspecified atom stereocenters. The number of benzene rings is 2. The first-order valence-corrected chi connectivity index (χ1v) is 14.7. The lowest BCUT2D eigenvalue weighted by atomic mass is 9.67. The van der Waals surface area contributed by atoms with E-state index in [2.05, 4.69) is 18.8 Å². The van der Waals surface area contributed by atoms with Crippen molar-refractivity contribution in [3.8, 4) is 5.75 Å². The fraction of sp³-hybridized carbons (Fsp3) is 0.324. The number of carbonyl (C=O) groups is 2. The Bertz CT molecular complexity index is 1700. The summed E-state index contributed by atoms with van der Waals surface area (Å²) in [6.07, 6.45) is 4.82. The lowest BCUT2D eigenvalue weighted by molar-refractivity contribution is -0.384. The number of pyridine rings is 1. The van der Waals surface area contributed by atoms with Crippen molar-refractivity contribution in [1.29, 1.82) is 0 Å². The molecule has 226 valence electrons. The van der Waals surface area contributed by atoms with Gasteiger partial charge < -0.3 is 9.84 Å². The Hall–Kier alpha value is -4.70. The van der Waals surface area contributed by atoms with Gasteiger partial charge in [-0.25, -0.2) is 9.29 Å². The number of anilines is 1. The van der Waals surface area contributed by atoms with E-state index < -0.39 is 28.3 Å². The van der Waals surface area contributed by atoms with Gasteiger partial charge in [0.25, 0.3) is 5.69 Å². The molecule has 1 N–H and O–H groups in total. The van der Waals surface area contributed by atoms with Crippen LogP contribution in [-0.2, 0) is 14.3 Å². The van der Waals surface area contributed by atoms with E-state index in [4.69, 9.17) is 4.74 Å². The second kappa shape index (κ2) is 11.8. The number of phenols is 1. The Morgan fingerprint density at radius 1 is 1.14 bits per heavy atom. The lowest BCUT2D eigenvalue weighted by Gasteiger charge is -2.33. The fourth-order valence-electron chi connectivity index (χ4n) is 6.89. The third-order valence-corrected chi connectivity index (χ3v) is 8.92. The molecule has 1 aromatic heterocycles. The summed E-state index contributed by atoms with van der Waals surface area (Å²) in [6, 6.07) is 15.4. The van der Waals surface area contributed by atoms with Gasteiger partial charge in [0.15, 0.2) is 11.6 Å². The summed E-state index contributed by atoms with van der Waals surface area (Å²) in [5, 5.41) is 21.0. The Labute approximate surface area is 253 Å². The van der Waals surface area contributed by atoms with Crippen molar-refractivity contribution >= 4 is 34.8 Å². The van der Waals surface area contributed by atoms with Crippen molar-refractivity contribution in [1.82, 2.24) is 4.98 Å². The van der Waals surface area contributed by atoms with Crippen LogP contribution in [0.2, 0.25) is 0 Å². The highest BCUT2D eigenvalue weighted by Gasteiger charge is 2.57. The third kappa shape index (κ3) is 5.30. The van der Waals surface area contributed by atoms with Gasteiger partial charge in [0, 0.05) is 24.2 Å². The molecule has 0 saturated carbocycles. The molecular weight excluding hydrogens is 565 g/mol. The van der Waals surface area contributed by atoms with Gasteiger partial charge in [-0.2, -0.15) is 0 Å². The maximum atomic E-state index is 14.1. The summed E-state index contributed by atoms with van der Waals surface area (Å²) < 4.78 is 20.5. The van der Waals surface area contributed by atoms with Gasteiger partial charge >= 0.3 is 0 Å². The summed E-state index contributed by atoms with van der Waals surface area (Å²) >= 11 is 0. The molecule has 10 heteroatoms. The van der Waals surface area contributed by atoms with Gasteiger partial charge in [-0.15, -0.1) is 0 Å². The van der Waals surface area contributed by atoms with Crippen LogP contribution in [0.1, 0.15) is 44.4 Å². The predicted octanol–water partition coefficient (Wildman–Crippen LogP) is 6.33. The molecule has 0 bridgehead atoms. The molecule has 2 fully saturated rings. The number of amides is 2. The van der Waals surface area contributed by atoms with Crippen LogP contribution in [0.5, 0.6) is 5.75 Å². The number of non-ortho nitro benzene ring substituents is 1. The van der Waals surface area contributed by atoms with Gasteiger partial charge in [0.05, 0.1) is 40.9 Å². The Morgan fingerprint density at radius 2 is 1.95 bits per heavy atom. The van der Waals surface area contributed by atoms with Gasteiger partial charge in [0.1, 0.15) is 0 Å². The van der Waals surface area contributed by atoms with E-state index in [-0.39, 0.29) is 41.1 Å². The maximum Gasteiger partial charge on any atom is 0.271 e. The van der Waals surface area contributed by atoms with E-state index in [0.29, 0.717) is 31.4 Å². The smallest absolute Gasteiger partial charge is 0.271 e. The zero-order valence-corrected chi connectivity index (χ0v) is 24.4. The minimum atomic E-state index is -0.709. The summed E-state index contributed by atoms with van der Waals surface area (Å²) in [5.74, 6) is -3.11. The largest absolute Gasteiger partial charge is 0.505 e. The van der Waals surface area contributed by atoms with E-state index in [1.165, 1.54) is 30.3 Å². The van der Waals surface area contributed by atoms with Crippen molar-refractivity contribution in [2.45, 2.75) is 39.2 Å². The molecule has 6 rings (SSSR count). The fourth-order valence-corrected chi connectivity index (χ4v) is 6.89. The summed E-state index contributed by atoms with van der Waals surface area (Å²) in [7, 11) is 0. The van der Waals surface area contributed by atoms with Crippen LogP contribution in [0.15, 0.2) is 78.0 Å².